The average Bonchev–Trinajstić information content (AvgIpc) is 3.83. The van der Waals surface area contributed by atoms with E-state index in [0.717, 1.165) is 0 Å². The summed E-state index contributed by atoms with van der Waals surface area (Å²) in [5.74, 6) is 0. The quantitative estimate of drug-likeness (QED) is 0.150. The average molecular weight is 825 g/mol. The number of benzene rings is 7. The maximum absolute atomic E-state index is 2.75. The summed E-state index contributed by atoms with van der Waals surface area (Å²) in [6.07, 6.45) is 0. The zero-order valence-corrected chi connectivity index (χ0v) is 39.2. The van der Waals surface area contributed by atoms with Crippen LogP contribution in [0.5, 0.6) is 0 Å². The molecule has 3 aliphatic heterocycles. The fraction of sp³-hybridized carbons (Fsp3) is 0.250. The Kier molecular flexibility index (Phi) is 7.34. The summed E-state index contributed by atoms with van der Waals surface area (Å²) in [7, 11) is -2.23. The molecule has 0 saturated carbocycles. The van der Waals surface area contributed by atoms with Gasteiger partial charge in [0.2, 0.25) is 0 Å². The number of aromatic nitrogens is 1. The van der Waals surface area contributed by atoms with Gasteiger partial charge in [-0.25, -0.2) is 0 Å². The van der Waals surface area contributed by atoms with E-state index in [1.807, 2.05) is 11.3 Å². The second kappa shape index (κ2) is 12.0. The predicted molar refractivity (Wildman–Crippen MR) is 271 cm³/mol. The lowest BCUT2D eigenvalue weighted by Crippen LogP contribution is -2.61. The van der Waals surface area contributed by atoms with Crippen molar-refractivity contribution in [3.05, 3.63) is 138 Å². The lowest BCUT2D eigenvalue weighted by Gasteiger charge is -2.43. The lowest BCUT2D eigenvalue weighted by molar-refractivity contribution is 0.590. The first kappa shape index (κ1) is 37.4. The van der Waals surface area contributed by atoms with Gasteiger partial charge < -0.3 is 9.38 Å². The number of hydrogen-bond acceptors (Lipinski definition) is 2. The van der Waals surface area contributed by atoms with Gasteiger partial charge in [-0.2, -0.15) is 0 Å². The molecule has 0 spiro atoms. The summed E-state index contributed by atoms with van der Waals surface area (Å²) in [6.45, 7) is 26.3. The highest BCUT2D eigenvalue weighted by molar-refractivity contribution is 7.25. The summed E-state index contributed by atoms with van der Waals surface area (Å²) < 4.78 is 5.39. The normalized spacial score (nSPS) is 15.2. The fourth-order valence-electron chi connectivity index (χ4n) is 11.4. The smallest absolute Gasteiger partial charge is 0.333 e. The van der Waals surface area contributed by atoms with Gasteiger partial charge >= 0.3 is 6.85 Å². The Balaban J connectivity index is 1.34. The molecular formula is C56H53BN2SSi. The van der Waals surface area contributed by atoms with Gasteiger partial charge in [0.05, 0.1) is 11.0 Å². The van der Waals surface area contributed by atoms with Crippen LogP contribution in [0.4, 0.5) is 11.4 Å². The van der Waals surface area contributed by atoms with Crippen LogP contribution in [0.1, 0.15) is 79.0 Å². The second-order valence-electron chi connectivity index (χ2n) is 21.8. The van der Waals surface area contributed by atoms with E-state index in [9.17, 15) is 0 Å². The SMILES string of the molecule is CC(C)(C)c1ccc(N2B3c4cc(C(C)(C)C)ccc4-n4c5ccc(C(C)(C)C)cc5c5c6c(c(c3c54)-c3cc4c(cc32)sc2ccccc24)-c2ccccc2[Si]6(C)C)cc1. The molecule has 0 N–H and O–H groups in total. The van der Waals surface area contributed by atoms with Crippen LogP contribution < -0.4 is 26.1 Å². The number of anilines is 2. The molecule has 3 aliphatic rings. The molecule has 7 aromatic carbocycles. The number of fused-ring (bicyclic) bond motifs is 16. The number of rotatable bonds is 1. The first-order valence-electron chi connectivity index (χ1n) is 22.2. The van der Waals surface area contributed by atoms with Gasteiger partial charge in [-0.15, -0.1) is 11.3 Å². The first-order chi connectivity index (χ1) is 28.9. The second-order valence-corrected chi connectivity index (χ2v) is 27.2. The fourth-order valence-corrected chi connectivity index (χ4v) is 16.0. The molecule has 5 heteroatoms. The summed E-state index contributed by atoms with van der Waals surface area (Å²) in [4.78, 5) is 2.75. The third-order valence-corrected chi connectivity index (χ3v) is 19.3. The molecule has 0 aliphatic carbocycles. The van der Waals surface area contributed by atoms with Crippen molar-refractivity contribution in [2.45, 2.75) is 91.7 Å². The predicted octanol–water partition coefficient (Wildman–Crippen LogP) is 13.1. The molecule has 0 atom stereocenters. The zero-order chi connectivity index (χ0) is 42.3. The molecule has 2 aromatic heterocycles. The molecule has 0 radical (unpaired) electrons. The summed E-state index contributed by atoms with van der Waals surface area (Å²) in [5.41, 5.74) is 19.3. The van der Waals surface area contributed by atoms with Crippen LogP contribution in [0.3, 0.4) is 0 Å². The molecular weight excluding hydrogens is 772 g/mol. The van der Waals surface area contributed by atoms with Crippen LogP contribution in [-0.2, 0) is 16.2 Å². The molecule has 0 saturated heterocycles. The van der Waals surface area contributed by atoms with E-state index < -0.39 is 8.07 Å². The summed E-state index contributed by atoms with van der Waals surface area (Å²) >= 11 is 1.93. The monoisotopic (exact) mass is 824 g/mol. The minimum atomic E-state index is -2.23. The summed E-state index contributed by atoms with van der Waals surface area (Å²) in [6, 6.07) is 48.1. The molecule has 5 heterocycles. The Hall–Kier alpha value is -5.36. The third kappa shape index (κ3) is 4.96. The van der Waals surface area contributed by atoms with Gasteiger partial charge in [-0.05, 0) is 119 Å². The minimum Gasteiger partial charge on any atom is -0.376 e. The Morgan fingerprint density at radius 1 is 0.541 bits per heavy atom. The van der Waals surface area contributed by atoms with E-state index >= 15 is 0 Å². The molecule has 61 heavy (non-hydrogen) atoms. The highest BCUT2D eigenvalue weighted by atomic mass is 32.1. The van der Waals surface area contributed by atoms with Gasteiger partial charge in [0.25, 0.3) is 0 Å². The van der Waals surface area contributed by atoms with Crippen LogP contribution in [0.15, 0.2) is 121 Å². The van der Waals surface area contributed by atoms with E-state index in [1.54, 1.807) is 10.4 Å². The van der Waals surface area contributed by atoms with Crippen molar-refractivity contribution in [2.75, 3.05) is 4.81 Å². The Morgan fingerprint density at radius 2 is 1.20 bits per heavy atom. The van der Waals surface area contributed by atoms with Crippen molar-refractivity contribution in [3.63, 3.8) is 0 Å². The van der Waals surface area contributed by atoms with Crippen LogP contribution >= 0.6 is 11.3 Å². The highest BCUT2D eigenvalue weighted by Gasteiger charge is 2.50. The van der Waals surface area contributed by atoms with E-state index in [2.05, 4.69) is 206 Å². The van der Waals surface area contributed by atoms with Gasteiger partial charge in [0.1, 0.15) is 8.07 Å². The number of hydrogen-bond donors (Lipinski definition) is 0. The van der Waals surface area contributed by atoms with Crippen molar-refractivity contribution in [1.82, 2.24) is 4.57 Å². The van der Waals surface area contributed by atoms with Crippen molar-refractivity contribution < 1.29 is 0 Å². The van der Waals surface area contributed by atoms with E-state index in [0.29, 0.717) is 0 Å². The maximum atomic E-state index is 2.75. The van der Waals surface area contributed by atoms with Gasteiger partial charge in [-0.1, -0.05) is 148 Å². The van der Waals surface area contributed by atoms with E-state index in [4.69, 9.17) is 0 Å². The third-order valence-electron chi connectivity index (χ3n) is 14.6. The van der Waals surface area contributed by atoms with Crippen molar-refractivity contribution >= 4 is 101 Å². The molecule has 0 unspecified atom stereocenters. The van der Waals surface area contributed by atoms with E-state index in [1.165, 1.54) is 109 Å². The molecule has 0 amide bonds. The van der Waals surface area contributed by atoms with Gasteiger partial charge in [0.15, 0.2) is 0 Å². The van der Waals surface area contributed by atoms with Gasteiger partial charge in [-0.3, -0.25) is 0 Å². The topological polar surface area (TPSA) is 8.17 Å². The van der Waals surface area contributed by atoms with Gasteiger partial charge in [0, 0.05) is 53.6 Å². The molecule has 300 valence electrons. The Morgan fingerprint density at radius 3 is 1.93 bits per heavy atom. The van der Waals surface area contributed by atoms with Crippen LogP contribution in [0, 0.1) is 0 Å². The molecule has 0 bridgehead atoms. The zero-order valence-electron chi connectivity index (χ0n) is 37.4. The maximum Gasteiger partial charge on any atom is 0.333 e. The Labute approximate surface area is 366 Å². The van der Waals surface area contributed by atoms with Crippen molar-refractivity contribution in [2.24, 2.45) is 0 Å². The van der Waals surface area contributed by atoms with E-state index in [-0.39, 0.29) is 23.1 Å². The molecule has 0 fully saturated rings. The van der Waals surface area contributed by atoms with Crippen LogP contribution in [-0.4, -0.2) is 19.5 Å². The highest BCUT2D eigenvalue weighted by Crippen LogP contribution is 2.52. The first-order valence-corrected chi connectivity index (χ1v) is 26.0. The van der Waals surface area contributed by atoms with Crippen molar-refractivity contribution in [1.29, 1.82) is 0 Å². The van der Waals surface area contributed by atoms with Crippen LogP contribution in [0.2, 0.25) is 13.1 Å². The molecule has 9 aromatic rings. The Bertz CT molecular complexity index is 3400. The molecule has 12 rings (SSSR count). The largest absolute Gasteiger partial charge is 0.376 e. The van der Waals surface area contributed by atoms with Crippen LogP contribution in [0.25, 0.3) is 69.9 Å². The number of nitrogens with zero attached hydrogens (tertiary/aromatic N) is 2. The van der Waals surface area contributed by atoms with Crippen molar-refractivity contribution in [3.8, 4) is 27.9 Å². The number of thiophene rings is 1. The lowest BCUT2D eigenvalue weighted by atomic mass is 9.43. The standard InChI is InChI=1S/C56H53BN2SSi/c1-54(2,3)32-20-24-35(25-21-32)59-44-31-46-38(36-16-12-14-18-45(36)60-46)30-40(44)48-49-37-17-13-15-19-47(37)61(10,11)53(49)50-39-28-33(55(4,5)6)22-26-42(39)58-43-27-23-34(56(7,8)9)29-41(43)57(59)51(48)52(50)58/h12-31H,1-11H3. The minimum absolute atomic E-state index is 0.0156. The molecule has 2 nitrogen and oxygen atoms in total. The summed E-state index contributed by atoms with van der Waals surface area (Å²) in [5, 5.41) is 8.74.